The van der Waals surface area contributed by atoms with Crippen molar-refractivity contribution in [2.24, 2.45) is 0 Å². The molecular weight excluding hydrogens is 244 g/mol. The molecule has 1 aliphatic heterocycles. The fourth-order valence-corrected chi connectivity index (χ4v) is 2.23. The Hall–Kier alpha value is -0.810. The number of unbranched alkanes of at least 4 members (excludes halogenated alkanes) is 3. The molecule has 0 unspecified atom stereocenters. The van der Waals surface area contributed by atoms with E-state index in [1.165, 1.54) is 12.8 Å². The number of rotatable bonds is 7. The van der Waals surface area contributed by atoms with Crippen LogP contribution in [0.3, 0.4) is 0 Å². The molecule has 5 heteroatoms. The van der Waals surface area contributed by atoms with E-state index in [0.717, 1.165) is 45.6 Å². The zero-order valence-electron chi connectivity index (χ0n) is 12.3. The number of carbonyl (C=O) groups excluding carboxylic acids is 1. The highest BCUT2D eigenvalue weighted by Crippen LogP contribution is 2.07. The summed E-state index contributed by atoms with van der Waals surface area (Å²) >= 11 is 0. The van der Waals surface area contributed by atoms with E-state index < -0.39 is 0 Å². The number of amides is 1. The molecule has 0 spiro atoms. The second kappa shape index (κ2) is 9.15. The van der Waals surface area contributed by atoms with Crippen LogP contribution in [0, 0.1) is 0 Å². The molecule has 1 saturated heterocycles. The van der Waals surface area contributed by atoms with Crippen LogP contribution in [-0.2, 0) is 4.74 Å². The number of piperazine rings is 1. The molecule has 1 aliphatic rings. The Morgan fingerprint density at radius 2 is 1.74 bits per heavy atom. The predicted octanol–water partition coefficient (Wildman–Crippen LogP) is 1.70. The van der Waals surface area contributed by atoms with Crippen molar-refractivity contribution >= 4 is 6.09 Å². The van der Waals surface area contributed by atoms with Crippen molar-refractivity contribution in [2.45, 2.75) is 45.6 Å². The third-order valence-electron chi connectivity index (χ3n) is 3.35. The van der Waals surface area contributed by atoms with Gasteiger partial charge >= 0.3 is 6.09 Å². The number of ether oxygens (including phenoxy) is 1. The van der Waals surface area contributed by atoms with Crippen LogP contribution in [0.1, 0.15) is 39.5 Å². The number of hydrogen-bond acceptors (Lipinski definition) is 4. The third-order valence-corrected chi connectivity index (χ3v) is 3.35. The van der Waals surface area contributed by atoms with E-state index in [9.17, 15) is 4.79 Å². The Morgan fingerprint density at radius 1 is 1.11 bits per heavy atom. The number of nitrogens with zero attached hydrogens (tertiary/aromatic N) is 2. The summed E-state index contributed by atoms with van der Waals surface area (Å²) in [5.41, 5.74) is 0. The van der Waals surface area contributed by atoms with Gasteiger partial charge in [-0.3, -0.25) is 4.90 Å². The van der Waals surface area contributed by atoms with Gasteiger partial charge in [0.2, 0.25) is 0 Å². The molecular formula is C14H28N2O3. The first-order valence-electron chi connectivity index (χ1n) is 7.42. The van der Waals surface area contributed by atoms with Gasteiger partial charge in [-0.15, -0.1) is 0 Å². The predicted molar refractivity (Wildman–Crippen MR) is 75.2 cm³/mol. The smallest absolute Gasteiger partial charge is 0.410 e. The number of hydrogen-bond donors (Lipinski definition) is 1. The van der Waals surface area contributed by atoms with Crippen molar-refractivity contribution in [3.8, 4) is 0 Å². The standard InChI is InChI=1S/C14H28N2O3/c1-13(2)19-14(18)16-10-8-15(9-11-16)7-5-3-4-6-12-17/h13,17H,3-12H2,1-2H3. The maximum atomic E-state index is 11.7. The summed E-state index contributed by atoms with van der Waals surface area (Å²) in [5, 5.41) is 8.70. The van der Waals surface area contributed by atoms with Crippen LogP contribution in [-0.4, -0.2) is 66.4 Å². The molecule has 0 saturated carbocycles. The highest BCUT2D eigenvalue weighted by atomic mass is 16.6. The Labute approximate surface area is 116 Å². The van der Waals surface area contributed by atoms with Crippen molar-refractivity contribution in [2.75, 3.05) is 39.3 Å². The first-order valence-corrected chi connectivity index (χ1v) is 7.42. The van der Waals surface area contributed by atoms with Crippen molar-refractivity contribution in [1.82, 2.24) is 9.80 Å². The quantitative estimate of drug-likeness (QED) is 0.717. The van der Waals surface area contributed by atoms with E-state index in [-0.39, 0.29) is 12.2 Å². The molecule has 5 nitrogen and oxygen atoms in total. The first kappa shape index (κ1) is 16.2. The lowest BCUT2D eigenvalue weighted by Crippen LogP contribution is -2.49. The maximum Gasteiger partial charge on any atom is 0.410 e. The van der Waals surface area contributed by atoms with Crippen LogP contribution >= 0.6 is 0 Å². The van der Waals surface area contributed by atoms with Crippen molar-refractivity contribution in [3.05, 3.63) is 0 Å². The number of carbonyl (C=O) groups is 1. The molecule has 19 heavy (non-hydrogen) atoms. The molecule has 0 radical (unpaired) electrons. The fourth-order valence-electron chi connectivity index (χ4n) is 2.23. The molecule has 0 bridgehead atoms. The van der Waals surface area contributed by atoms with Gasteiger partial charge in [0.15, 0.2) is 0 Å². The van der Waals surface area contributed by atoms with Gasteiger partial charge in [0, 0.05) is 32.8 Å². The van der Waals surface area contributed by atoms with Gasteiger partial charge in [-0.2, -0.15) is 0 Å². The topological polar surface area (TPSA) is 53.0 Å². The second-order valence-electron chi connectivity index (χ2n) is 5.40. The van der Waals surface area contributed by atoms with Gasteiger partial charge in [0.25, 0.3) is 0 Å². The highest BCUT2D eigenvalue weighted by molar-refractivity contribution is 5.67. The maximum absolute atomic E-state index is 11.7. The van der Waals surface area contributed by atoms with Crippen molar-refractivity contribution in [3.63, 3.8) is 0 Å². The fraction of sp³-hybridized carbons (Fsp3) is 0.929. The van der Waals surface area contributed by atoms with E-state index in [1.807, 2.05) is 13.8 Å². The lowest BCUT2D eigenvalue weighted by molar-refractivity contribution is 0.0569. The summed E-state index contributed by atoms with van der Waals surface area (Å²) in [6, 6.07) is 0. The number of aliphatic hydroxyl groups is 1. The zero-order chi connectivity index (χ0) is 14.1. The van der Waals surface area contributed by atoms with Gasteiger partial charge in [-0.05, 0) is 33.2 Å². The average molecular weight is 272 g/mol. The highest BCUT2D eigenvalue weighted by Gasteiger charge is 2.22. The molecule has 0 aliphatic carbocycles. The molecule has 0 aromatic carbocycles. The molecule has 1 amide bonds. The van der Waals surface area contributed by atoms with Crippen LogP contribution in [0.4, 0.5) is 4.79 Å². The minimum Gasteiger partial charge on any atom is -0.447 e. The molecule has 112 valence electrons. The van der Waals surface area contributed by atoms with Crippen LogP contribution in [0.15, 0.2) is 0 Å². The van der Waals surface area contributed by atoms with E-state index >= 15 is 0 Å². The van der Waals surface area contributed by atoms with Gasteiger partial charge in [0.05, 0.1) is 6.10 Å². The largest absolute Gasteiger partial charge is 0.447 e. The molecule has 0 aromatic heterocycles. The summed E-state index contributed by atoms with van der Waals surface area (Å²) in [4.78, 5) is 15.9. The molecule has 1 N–H and O–H groups in total. The second-order valence-corrected chi connectivity index (χ2v) is 5.40. The Morgan fingerprint density at radius 3 is 2.32 bits per heavy atom. The lowest BCUT2D eigenvalue weighted by atomic mass is 10.2. The van der Waals surface area contributed by atoms with Gasteiger partial charge in [-0.1, -0.05) is 12.8 Å². The Balaban J connectivity index is 2.10. The molecule has 0 aromatic rings. The van der Waals surface area contributed by atoms with Gasteiger partial charge in [0.1, 0.15) is 0 Å². The Kier molecular flexibility index (Phi) is 7.82. The minimum atomic E-state index is -0.183. The van der Waals surface area contributed by atoms with Crippen molar-refractivity contribution in [1.29, 1.82) is 0 Å². The summed E-state index contributed by atoms with van der Waals surface area (Å²) < 4.78 is 5.20. The van der Waals surface area contributed by atoms with E-state index in [2.05, 4.69) is 4.90 Å². The average Bonchev–Trinajstić information content (AvgIpc) is 2.38. The Bertz CT molecular complexity index is 251. The van der Waals surface area contributed by atoms with Gasteiger partial charge in [-0.25, -0.2) is 4.79 Å². The summed E-state index contributed by atoms with van der Waals surface area (Å²) in [5.74, 6) is 0. The summed E-state index contributed by atoms with van der Waals surface area (Å²) in [7, 11) is 0. The molecule has 1 rings (SSSR count). The monoisotopic (exact) mass is 272 g/mol. The summed E-state index contributed by atoms with van der Waals surface area (Å²) in [6.07, 6.45) is 4.15. The number of aliphatic hydroxyl groups excluding tert-OH is 1. The SMILES string of the molecule is CC(C)OC(=O)N1CCN(CCCCCCO)CC1. The first-order chi connectivity index (χ1) is 9.13. The molecule has 0 atom stereocenters. The summed E-state index contributed by atoms with van der Waals surface area (Å²) in [6.45, 7) is 8.56. The van der Waals surface area contributed by atoms with E-state index in [4.69, 9.17) is 9.84 Å². The molecule has 1 fully saturated rings. The van der Waals surface area contributed by atoms with E-state index in [1.54, 1.807) is 4.90 Å². The minimum absolute atomic E-state index is 0.0444. The van der Waals surface area contributed by atoms with Gasteiger partial charge < -0.3 is 14.7 Å². The van der Waals surface area contributed by atoms with Crippen LogP contribution in [0.2, 0.25) is 0 Å². The van der Waals surface area contributed by atoms with Crippen molar-refractivity contribution < 1.29 is 14.6 Å². The van der Waals surface area contributed by atoms with Crippen LogP contribution < -0.4 is 0 Å². The lowest BCUT2D eigenvalue weighted by Gasteiger charge is -2.34. The van der Waals surface area contributed by atoms with Crippen LogP contribution in [0.25, 0.3) is 0 Å². The molecule has 1 heterocycles. The zero-order valence-corrected chi connectivity index (χ0v) is 12.3. The third kappa shape index (κ3) is 6.78. The van der Waals surface area contributed by atoms with E-state index in [0.29, 0.717) is 6.61 Å². The van der Waals surface area contributed by atoms with Crippen LogP contribution in [0.5, 0.6) is 0 Å². The normalized spacial score (nSPS) is 16.9.